The maximum atomic E-state index is 12.3. The highest BCUT2D eigenvalue weighted by molar-refractivity contribution is 6.44. The Kier molecular flexibility index (Phi) is 6.24. The van der Waals surface area contributed by atoms with Crippen LogP contribution >= 0.6 is 23.2 Å². The lowest BCUT2D eigenvalue weighted by Crippen LogP contribution is -2.31. The van der Waals surface area contributed by atoms with Crippen LogP contribution in [0.4, 0.5) is 5.69 Å². The maximum Gasteiger partial charge on any atom is 0.344 e. The van der Waals surface area contributed by atoms with E-state index >= 15 is 0 Å². The van der Waals surface area contributed by atoms with Gasteiger partial charge in [-0.05, 0) is 39.0 Å². The minimum atomic E-state index is -1.04. The van der Waals surface area contributed by atoms with Gasteiger partial charge in [0.15, 0.2) is 24.2 Å². The molecule has 0 bridgehead atoms. The number of carbonyl (C=O) groups excluding carboxylic acids is 2. The average molecular weight is 438 g/mol. The van der Waals surface area contributed by atoms with Gasteiger partial charge in [-0.15, -0.1) is 0 Å². The van der Waals surface area contributed by atoms with Gasteiger partial charge in [-0.1, -0.05) is 41.4 Å². The first-order valence-corrected chi connectivity index (χ1v) is 9.80. The van der Waals surface area contributed by atoms with Crippen molar-refractivity contribution in [2.45, 2.75) is 38.9 Å². The average Bonchev–Trinajstić information content (AvgIpc) is 2.98. The second-order valence-corrected chi connectivity index (χ2v) is 8.08. The molecular formula is C21H21Cl2NO5. The molecule has 0 aromatic heterocycles. The van der Waals surface area contributed by atoms with E-state index in [1.807, 2.05) is 26.0 Å². The fourth-order valence-corrected chi connectivity index (χ4v) is 3.30. The number of para-hydroxylation sites is 1. The summed E-state index contributed by atoms with van der Waals surface area (Å²) in [5.74, 6) is -0.118. The van der Waals surface area contributed by atoms with Gasteiger partial charge in [-0.2, -0.15) is 0 Å². The van der Waals surface area contributed by atoms with Crippen molar-refractivity contribution in [1.29, 1.82) is 0 Å². The lowest BCUT2D eigenvalue weighted by Gasteiger charge is -2.18. The fourth-order valence-electron chi connectivity index (χ4n) is 2.96. The van der Waals surface area contributed by atoms with Crippen LogP contribution in [-0.2, 0) is 20.7 Å². The highest BCUT2D eigenvalue weighted by Gasteiger charge is 2.32. The molecule has 0 radical (unpaired) electrons. The number of carbonyl (C=O) groups is 2. The van der Waals surface area contributed by atoms with Crippen molar-refractivity contribution in [2.24, 2.45) is 0 Å². The highest BCUT2D eigenvalue weighted by atomic mass is 35.5. The van der Waals surface area contributed by atoms with Crippen molar-refractivity contribution in [2.75, 3.05) is 11.9 Å². The van der Waals surface area contributed by atoms with E-state index in [0.29, 0.717) is 22.2 Å². The van der Waals surface area contributed by atoms with Crippen LogP contribution in [0.2, 0.25) is 10.0 Å². The Labute approximate surface area is 179 Å². The molecule has 0 saturated heterocycles. The van der Waals surface area contributed by atoms with Crippen LogP contribution in [0.15, 0.2) is 36.4 Å². The summed E-state index contributed by atoms with van der Waals surface area (Å²) < 4.78 is 16.6. The molecule has 1 aliphatic rings. The van der Waals surface area contributed by atoms with Gasteiger partial charge >= 0.3 is 5.97 Å². The lowest BCUT2D eigenvalue weighted by atomic mass is 10.0. The molecule has 29 heavy (non-hydrogen) atoms. The predicted molar refractivity (Wildman–Crippen MR) is 111 cm³/mol. The smallest absolute Gasteiger partial charge is 0.344 e. The number of amides is 1. The molecule has 0 fully saturated rings. The number of nitrogens with one attached hydrogen (secondary N) is 1. The zero-order chi connectivity index (χ0) is 21.2. The van der Waals surface area contributed by atoms with Crippen LogP contribution in [0.1, 0.15) is 26.3 Å². The van der Waals surface area contributed by atoms with Gasteiger partial charge in [-0.25, -0.2) is 4.79 Å². The molecule has 0 aliphatic carbocycles. The third-order valence-electron chi connectivity index (χ3n) is 4.29. The SMILES string of the molecule is CC(OC(=O)COc1cccc2c1OC(C)(C)C2)C(=O)Nc1cccc(Cl)c1Cl. The van der Waals surface area contributed by atoms with E-state index < -0.39 is 18.0 Å². The molecular weight excluding hydrogens is 417 g/mol. The Balaban J connectivity index is 1.54. The largest absolute Gasteiger partial charge is 0.483 e. The summed E-state index contributed by atoms with van der Waals surface area (Å²) in [4.78, 5) is 24.4. The summed E-state index contributed by atoms with van der Waals surface area (Å²) in [5, 5.41) is 3.10. The maximum absolute atomic E-state index is 12.3. The molecule has 154 valence electrons. The minimum absolute atomic E-state index is 0.213. The number of hydrogen-bond donors (Lipinski definition) is 1. The number of rotatable bonds is 6. The van der Waals surface area contributed by atoms with E-state index in [9.17, 15) is 9.59 Å². The summed E-state index contributed by atoms with van der Waals surface area (Å²) in [7, 11) is 0. The normalized spacial score (nSPS) is 15.1. The van der Waals surface area contributed by atoms with Gasteiger partial charge < -0.3 is 19.5 Å². The molecule has 1 atom stereocenters. The Morgan fingerprint density at radius 2 is 1.93 bits per heavy atom. The Bertz CT molecular complexity index is 945. The second-order valence-electron chi connectivity index (χ2n) is 7.29. The molecule has 0 saturated carbocycles. The molecule has 1 heterocycles. The second kappa shape index (κ2) is 8.51. The molecule has 1 N–H and O–H groups in total. The Morgan fingerprint density at radius 1 is 1.21 bits per heavy atom. The number of benzene rings is 2. The first-order chi connectivity index (χ1) is 13.7. The number of ether oxygens (including phenoxy) is 3. The molecule has 0 spiro atoms. The van der Waals surface area contributed by atoms with Crippen molar-refractivity contribution in [3.63, 3.8) is 0 Å². The topological polar surface area (TPSA) is 73.9 Å². The standard InChI is InChI=1S/C21H21Cl2NO5/c1-12(20(26)24-15-8-5-7-14(22)18(15)23)28-17(25)11-27-16-9-4-6-13-10-21(2,3)29-19(13)16/h4-9,12H,10-11H2,1-3H3,(H,24,26). The minimum Gasteiger partial charge on any atom is -0.483 e. The molecule has 8 heteroatoms. The van der Waals surface area contributed by atoms with E-state index in [4.69, 9.17) is 37.4 Å². The Morgan fingerprint density at radius 3 is 2.69 bits per heavy atom. The fraction of sp³-hybridized carbons (Fsp3) is 0.333. The van der Waals surface area contributed by atoms with E-state index in [0.717, 1.165) is 12.0 Å². The molecule has 2 aromatic carbocycles. The number of hydrogen-bond acceptors (Lipinski definition) is 5. The molecule has 1 unspecified atom stereocenters. The predicted octanol–water partition coefficient (Wildman–Crippen LogP) is 4.66. The number of anilines is 1. The first kappa shape index (κ1) is 21.3. The monoisotopic (exact) mass is 437 g/mol. The van der Waals surface area contributed by atoms with Crippen LogP contribution in [-0.4, -0.2) is 30.2 Å². The summed E-state index contributed by atoms with van der Waals surface area (Å²) in [5.41, 5.74) is 1.03. The zero-order valence-electron chi connectivity index (χ0n) is 16.3. The van der Waals surface area contributed by atoms with Crippen LogP contribution in [0, 0.1) is 0 Å². The van der Waals surface area contributed by atoms with E-state index in [1.54, 1.807) is 24.3 Å². The number of halogens is 2. The van der Waals surface area contributed by atoms with Crippen molar-refractivity contribution in [3.05, 3.63) is 52.0 Å². The van der Waals surface area contributed by atoms with E-state index in [1.165, 1.54) is 6.92 Å². The highest BCUT2D eigenvalue weighted by Crippen LogP contribution is 2.41. The van der Waals surface area contributed by atoms with Crippen LogP contribution in [0.3, 0.4) is 0 Å². The molecule has 3 rings (SSSR count). The summed E-state index contributed by atoms with van der Waals surface area (Å²) in [6, 6.07) is 10.4. The van der Waals surface area contributed by atoms with Crippen molar-refractivity contribution >= 4 is 40.8 Å². The molecule has 1 aliphatic heterocycles. The first-order valence-electron chi connectivity index (χ1n) is 9.04. The van der Waals surface area contributed by atoms with Gasteiger partial charge in [0.1, 0.15) is 5.60 Å². The summed E-state index contributed by atoms with van der Waals surface area (Å²) >= 11 is 12.0. The molecule has 2 aromatic rings. The van der Waals surface area contributed by atoms with Gasteiger partial charge in [0, 0.05) is 12.0 Å². The summed E-state index contributed by atoms with van der Waals surface area (Å²) in [6.07, 6.45) is -0.286. The third-order valence-corrected chi connectivity index (χ3v) is 5.11. The van der Waals surface area contributed by atoms with Crippen molar-refractivity contribution in [1.82, 2.24) is 0 Å². The van der Waals surface area contributed by atoms with Crippen LogP contribution < -0.4 is 14.8 Å². The van der Waals surface area contributed by atoms with Gasteiger partial charge in [-0.3, -0.25) is 4.79 Å². The van der Waals surface area contributed by atoms with Crippen molar-refractivity contribution in [3.8, 4) is 11.5 Å². The van der Waals surface area contributed by atoms with Crippen LogP contribution in [0.25, 0.3) is 0 Å². The lowest BCUT2D eigenvalue weighted by molar-refractivity contribution is -0.155. The van der Waals surface area contributed by atoms with Gasteiger partial charge in [0.05, 0.1) is 15.7 Å². The number of esters is 1. The van der Waals surface area contributed by atoms with Gasteiger partial charge in [0.25, 0.3) is 5.91 Å². The zero-order valence-corrected chi connectivity index (χ0v) is 17.8. The van der Waals surface area contributed by atoms with E-state index in [-0.39, 0.29) is 17.2 Å². The quantitative estimate of drug-likeness (QED) is 0.665. The van der Waals surface area contributed by atoms with Crippen LogP contribution in [0.5, 0.6) is 11.5 Å². The molecule has 6 nitrogen and oxygen atoms in total. The Hall–Kier alpha value is -2.44. The number of fused-ring (bicyclic) bond motifs is 1. The third kappa shape index (κ3) is 5.14. The van der Waals surface area contributed by atoms with Gasteiger partial charge in [0.2, 0.25) is 0 Å². The van der Waals surface area contributed by atoms with Crippen molar-refractivity contribution < 1.29 is 23.8 Å². The summed E-state index contributed by atoms with van der Waals surface area (Å²) in [6.45, 7) is 5.07. The molecule has 1 amide bonds. The van der Waals surface area contributed by atoms with E-state index in [2.05, 4.69) is 5.32 Å².